The molecule has 0 radical (unpaired) electrons. The minimum Gasteiger partial charge on any atom is -0.507 e. The first kappa shape index (κ1) is 13.0. The van der Waals surface area contributed by atoms with E-state index in [0.717, 1.165) is 7.11 Å². The van der Waals surface area contributed by atoms with Gasteiger partial charge < -0.3 is 20.1 Å². The summed E-state index contributed by atoms with van der Waals surface area (Å²) in [6.07, 6.45) is -3.05. The fraction of sp³-hybridized carbons (Fsp3) is 0.300. The van der Waals surface area contributed by atoms with E-state index in [1.165, 1.54) is 18.2 Å². The first-order chi connectivity index (χ1) is 7.47. The Bertz CT molecular complexity index is 393. The molecule has 6 heteroatoms. The molecule has 0 spiro atoms. The molecule has 3 N–H and O–H groups in total. The van der Waals surface area contributed by atoms with Crippen molar-refractivity contribution in [2.75, 3.05) is 7.11 Å². The monoisotopic (exact) mass is 290 g/mol. The topological polar surface area (TPSA) is 87.0 Å². The molecule has 1 aromatic carbocycles. The zero-order chi connectivity index (χ0) is 12.3. The number of aromatic hydroxyl groups is 1. The highest BCUT2D eigenvalue weighted by Gasteiger charge is 2.26. The smallest absolute Gasteiger partial charge is 0.337 e. The molecule has 1 rings (SSSR count). The van der Waals surface area contributed by atoms with Crippen LogP contribution in [0.15, 0.2) is 22.7 Å². The Labute approximate surface area is 100 Å². The van der Waals surface area contributed by atoms with E-state index in [0.29, 0.717) is 10.0 Å². The van der Waals surface area contributed by atoms with Crippen LogP contribution in [0.3, 0.4) is 0 Å². The van der Waals surface area contributed by atoms with Gasteiger partial charge in [0.15, 0.2) is 6.10 Å². The van der Waals surface area contributed by atoms with Crippen LogP contribution in [0.1, 0.15) is 11.7 Å². The maximum absolute atomic E-state index is 11.0. The Morgan fingerprint density at radius 1 is 1.44 bits per heavy atom. The number of carbonyl (C=O) groups excluding carboxylic acids is 1. The summed E-state index contributed by atoms with van der Waals surface area (Å²) in [4.78, 5) is 11.0. The lowest BCUT2D eigenvalue weighted by molar-refractivity contribution is -0.156. The van der Waals surface area contributed by atoms with E-state index < -0.39 is 18.2 Å². The van der Waals surface area contributed by atoms with Crippen molar-refractivity contribution in [1.82, 2.24) is 0 Å². The molecule has 5 nitrogen and oxygen atoms in total. The van der Waals surface area contributed by atoms with Crippen molar-refractivity contribution in [3.8, 4) is 5.75 Å². The van der Waals surface area contributed by atoms with Crippen LogP contribution in [0.2, 0.25) is 0 Å². The lowest BCUT2D eigenvalue weighted by atomic mass is 10.0. The highest BCUT2D eigenvalue weighted by atomic mass is 79.9. The van der Waals surface area contributed by atoms with E-state index in [2.05, 4.69) is 20.7 Å². The normalized spacial score (nSPS) is 14.2. The molecule has 0 amide bonds. The number of hydrogen-bond acceptors (Lipinski definition) is 5. The van der Waals surface area contributed by atoms with Gasteiger partial charge in [0.25, 0.3) is 0 Å². The van der Waals surface area contributed by atoms with Crippen molar-refractivity contribution in [2.45, 2.75) is 12.2 Å². The Balaban J connectivity index is 2.91. The van der Waals surface area contributed by atoms with Gasteiger partial charge in [-0.3, -0.25) is 0 Å². The SMILES string of the molecule is COC(=O)C(O)C(O)c1ccc(O)c(Br)c1. The number of aliphatic hydroxyl groups excluding tert-OH is 2. The molecule has 0 fully saturated rings. The average molecular weight is 291 g/mol. The van der Waals surface area contributed by atoms with Crippen LogP contribution in [0, 0.1) is 0 Å². The van der Waals surface area contributed by atoms with Crippen LogP contribution in [-0.2, 0) is 9.53 Å². The van der Waals surface area contributed by atoms with Gasteiger partial charge in [-0.25, -0.2) is 4.79 Å². The summed E-state index contributed by atoms with van der Waals surface area (Å²) in [5.74, 6) is -0.916. The zero-order valence-corrected chi connectivity index (χ0v) is 10.0. The summed E-state index contributed by atoms with van der Waals surface area (Å²) in [6, 6.07) is 4.15. The lowest BCUT2D eigenvalue weighted by Crippen LogP contribution is -2.29. The van der Waals surface area contributed by atoms with Gasteiger partial charge in [0.1, 0.15) is 11.9 Å². The van der Waals surface area contributed by atoms with Crippen molar-refractivity contribution < 1.29 is 24.9 Å². The number of phenols is 1. The van der Waals surface area contributed by atoms with Crippen LogP contribution in [0.25, 0.3) is 0 Å². The summed E-state index contributed by atoms with van der Waals surface area (Å²) in [5.41, 5.74) is 0.294. The number of carbonyl (C=O) groups is 1. The van der Waals surface area contributed by atoms with Gasteiger partial charge >= 0.3 is 5.97 Å². The highest BCUT2D eigenvalue weighted by Crippen LogP contribution is 2.28. The van der Waals surface area contributed by atoms with Crippen LogP contribution < -0.4 is 0 Å². The third kappa shape index (κ3) is 2.72. The van der Waals surface area contributed by atoms with E-state index in [4.69, 9.17) is 0 Å². The summed E-state index contributed by atoms with van der Waals surface area (Å²) >= 11 is 3.06. The number of halogens is 1. The van der Waals surface area contributed by atoms with Gasteiger partial charge in [0, 0.05) is 0 Å². The Kier molecular flexibility index (Phi) is 4.28. The molecule has 1 aromatic rings. The molecule has 0 aliphatic carbocycles. The third-order valence-corrected chi connectivity index (χ3v) is 2.69. The highest BCUT2D eigenvalue weighted by molar-refractivity contribution is 9.10. The molecule has 2 unspecified atom stereocenters. The molecule has 0 aromatic heterocycles. The van der Waals surface area contributed by atoms with E-state index in [1.54, 1.807) is 0 Å². The number of ether oxygens (including phenoxy) is 1. The number of benzene rings is 1. The molecule has 16 heavy (non-hydrogen) atoms. The second-order valence-electron chi connectivity index (χ2n) is 3.12. The second-order valence-corrected chi connectivity index (χ2v) is 3.98. The first-order valence-corrected chi connectivity index (χ1v) is 5.19. The zero-order valence-electron chi connectivity index (χ0n) is 8.42. The molecular formula is C10H11BrO5. The van der Waals surface area contributed by atoms with Crippen LogP contribution in [-0.4, -0.2) is 34.5 Å². The number of esters is 1. The molecule has 0 aliphatic heterocycles. The quantitative estimate of drug-likeness (QED) is 0.714. The Morgan fingerprint density at radius 2 is 2.06 bits per heavy atom. The van der Waals surface area contributed by atoms with E-state index in [-0.39, 0.29) is 5.75 Å². The largest absolute Gasteiger partial charge is 0.507 e. The van der Waals surface area contributed by atoms with Gasteiger partial charge in [-0.05, 0) is 33.6 Å². The molecule has 88 valence electrons. The first-order valence-electron chi connectivity index (χ1n) is 4.39. The molecule has 0 bridgehead atoms. The molecule has 0 saturated carbocycles. The van der Waals surface area contributed by atoms with Gasteiger partial charge in [0.05, 0.1) is 11.6 Å². The Morgan fingerprint density at radius 3 is 2.56 bits per heavy atom. The predicted molar refractivity (Wildman–Crippen MR) is 58.8 cm³/mol. The van der Waals surface area contributed by atoms with E-state index in [1.807, 2.05) is 0 Å². The minimum atomic E-state index is -1.65. The summed E-state index contributed by atoms with van der Waals surface area (Å²) in [5, 5.41) is 28.3. The standard InChI is InChI=1S/C10H11BrO5/c1-16-10(15)9(14)8(13)5-2-3-7(12)6(11)4-5/h2-4,8-9,12-14H,1H3. The number of rotatable bonds is 3. The minimum absolute atomic E-state index is 0.00325. The fourth-order valence-corrected chi connectivity index (χ4v) is 1.54. The van der Waals surface area contributed by atoms with Gasteiger partial charge in [-0.1, -0.05) is 6.07 Å². The van der Waals surface area contributed by atoms with Crippen molar-refractivity contribution in [3.63, 3.8) is 0 Å². The lowest BCUT2D eigenvalue weighted by Gasteiger charge is -2.16. The van der Waals surface area contributed by atoms with Gasteiger partial charge in [-0.15, -0.1) is 0 Å². The van der Waals surface area contributed by atoms with Crippen LogP contribution in [0.4, 0.5) is 0 Å². The van der Waals surface area contributed by atoms with Crippen molar-refractivity contribution >= 4 is 21.9 Å². The number of phenolic OH excluding ortho intramolecular Hbond substituents is 1. The number of methoxy groups -OCH3 is 1. The maximum Gasteiger partial charge on any atom is 0.337 e. The molecule has 0 heterocycles. The van der Waals surface area contributed by atoms with Gasteiger partial charge in [0.2, 0.25) is 0 Å². The van der Waals surface area contributed by atoms with E-state index >= 15 is 0 Å². The van der Waals surface area contributed by atoms with Crippen molar-refractivity contribution in [3.05, 3.63) is 28.2 Å². The summed E-state index contributed by atoms with van der Waals surface area (Å²) in [7, 11) is 1.12. The average Bonchev–Trinajstić information content (AvgIpc) is 2.29. The maximum atomic E-state index is 11.0. The van der Waals surface area contributed by atoms with Crippen molar-refractivity contribution in [2.24, 2.45) is 0 Å². The van der Waals surface area contributed by atoms with Crippen molar-refractivity contribution in [1.29, 1.82) is 0 Å². The predicted octanol–water partition coefficient (Wildman–Crippen LogP) is 0.722. The third-order valence-electron chi connectivity index (χ3n) is 2.06. The molecule has 2 atom stereocenters. The summed E-state index contributed by atoms with van der Waals surface area (Å²) < 4.78 is 4.66. The fourth-order valence-electron chi connectivity index (χ4n) is 1.14. The van der Waals surface area contributed by atoms with Gasteiger partial charge in [-0.2, -0.15) is 0 Å². The second kappa shape index (κ2) is 5.29. The molecule has 0 aliphatic rings. The molecular weight excluding hydrogens is 280 g/mol. The number of hydrogen-bond donors (Lipinski definition) is 3. The van der Waals surface area contributed by atoms with Crippen LogP contribution >= 0.6 is 15.9 Å². The molecule has 0 saturated heterocycles. The van der Waals surface area contributed by atoms with Crippen LogP contribution in [0.5, 0.6) is 5.75 Å². The summed E-state index contributed by atoms with van der Waals surface area (Å²) in [6.45, 7) is 0. The van der Waals surface area contributed by atoms with E-state index in [9.17, 15) is 20.1 Å². The number of aliphatic hydroxyl groups is 2. The Hall–Kier alpha value is -1.11.